The lowest BCUT2D eigenvalue weighted by atomic mass is 10.1. The maximum absolute atomic E-state index is 10.9. The monoisotopic (exact) mass is 251 g/mol. The van der Waals surface area contributed by atoms with Crippen LogP contribution in [-0.2, 0) is 4.79 Å². The Labute approximate surface area is 103 Å². The summed E-state index contributed by atoms with van der Waals surface area (Å²) in [5.74, 6) is -0.953. The molecule has 1 heterocycles. The minimum Gasteiger partial charge on any atom is -0.480 e. The number of nitrogens with zero attached hydrogens (tertiary/aromatic N) is 3. The lowest BCUT2D eigenvalue weighted by molar-refractivity contribution is -0.140. The van der Waals surface area contributed by atoms with Crippen molar-refractivity contribution in [1.82, 2.24) is 15.0 Å². The molecule has 6 heteroatoms. The fourth-order valence-electron chi connectivity index (χ4n) is 1.46. The van der Waals surface area contributed by atoms with Gasteiger partial charge in [-0.25, -0.2) is 9.48 Å². The first-order valence-corrected chi connectivity index (χ1v) is 5.36. The average molecular weight is 252 g/mol. The highest BCUT2D eigenvalue weighted by molar-refractivity contribution is 6.30. The normalized spacial score (nSPS) is 12.4. The summed E-state index contributed by atoms with van der Waals surface area (Å²) < 4.78 is 1.37. The summed E-state index contributed by atoms with van der Waals surface area (Å²) in [6, 6.07) is 6.31. The molecule has 0 radical (unpaired) electrons. The number of benzene rings is 1. The van der Waals surface area contributed by atoms with Crippen molar-refractivity contribution < 1.29 is 9.90 Å². The van der Waals surface area contributed by atoms with E-state index in [0.29, 0.717) is 10.7 Å². The predicted octanol–water partition coefficient (Wildman–Crippen LogP) is 2.24. The zero-order chi connectivity index (χ0) is 12.4. The molecule has 0 fully saturated rings. The number of carbonyl (C=O) groups is 1. The zero-order valence-electron chi connectivity index (χ0n) is 9.04. The van der Waals surface area contributed by atoms with Crippen LogP contribution in [0.1, 0.15) is 13.0 Å². The van der Waals surface area contributed by atoms with Gasteiger partial charge in [0, 0.05) is 10.6 Å². The van der Waals surface area contributed by atoms with E-state index in [9.17, 15) is 4.79 Å². The molecule has 1 unspecified atom stereocenters. The van der Waals surface area contributed by atoms with Crippen LogP contribution < -0.4 is 0 Å². The number of halogens is 1. The van der Waals surface area contributed by atoms with E-state index < -0.39 is 12.0 Å². The smallest absolute Gasteiger partial charge is 0.328 e. The zero-order valence-corrected chi connectivity index (χ0v) is 9.80. The number of carboxylic acid groups (broad SMARTS) is 1. The van der Waals surface area contributed by atoms with Crippen LogP contribution in [0.25, 0.3) is 11.3 Å². The molecule has 0 spiro atoms. The molecule has 0 saturated carbocycles. The van der Waals surface area contributed by atoms with Gasteiger partial charge in [0.1, 0.15) is 6.04 Å². The van der Waals surface area contributed by atoms with Crippen LogP contribution in [0.3, 0.4) is 0 Å². The van der Waals surface area contributed by atoms with Gasteiger partial charge in [-0.3, -0.25) is 0 Å². The third kappa shape index (κ3) is 2.29. The fourth-order valence-corrected chi connectivity index (χ4v) is 1.59. The van der Waals surface area contributed by atoms with E-state index in [0.717, 1.165) is 5.56 Å². The van der Waals surface area contributed by atoms with Crippen molar-refractivity contribution in [3.63, 3.8) is 0 Å². The average Bonchev–Trinajstić information content (AvgIpc) is 2.77. The van der Waals surface area contributed by atoms with Gasteiger partial charge in [-0.05, 0) is 19.1 Å². The summed E-state index contributed by atoms with van der Waals surface area (Å²) in [4.78, 5) is 10.9. The van der Waals surface area contributed by atoms with Crippen LogP contribution in [0.4, 0.5) is 0 Å². The quantitative estimate of drug-likeness (QED) is 0.908. The lowest BCUT2D eigenvalue weighted by Gasteiger charge is -2.10. The minimum absolute atomic E-state index is 0.624. The second-order valence-electron chi connectivity index (χ2n) is 3.58. The third-order valence-corrected chi connectivity index (χ3v) is 2.69. The number of aromatic nitrogens is 3. The summed E-state index contributed by atoms with van der Waals surface area (Å²) in [5.41, 5.74) is 1.48. The van der Waals surface area contributed by atoms with Crippen LogP contribution in [-0.4, -0.2) is 26.1 Å². The van der Waals surface area contributed by atoms with Crippen LogP contribution >= 0.6 is 11.6 Å². The molecular weight excluding hydrogens is 242 g/mol. The highest BCUT2D eigenvalue weighted by Gasteiger charge is 2.18. The molecule has 0 aliphatic heterocycles. The maximum atomic E-state index is 10.9. The Morgan fingerprint density at radius 1 is 1.41 bits per heavy atom. The molecule has 5 nitrogen and oxygen atoms in total. The van der Waals surface area contributed by atoms with Crippen molar-refractivity contribution in [2.45, 2.75) is 13.0 Å². The SMILES string of the molecule is CC(C(=O)O)n1nncc1-c1ccc(Cl)cc1. The molecule has 2 aromatic rings. The molecule has 17 heavy (non-hydrogen) atoms. The number of carboxylic acids is 1. The molecule has 0 bridgehead atoms. The van der Waals surface area contributed by atoms with E-state index in [1.54, 1.807) is 31.2 Å². The molecule has 1 aromatic heterocycles. The Kier molecular flexibility index (Phi) is 3.10. The number of aliphatic carboxylic acids is 1. The topological polar surface area (TPSA) is 68.0 Å². The van der Waals surface area contributed by atoms with E-state index in [1.165, 1.54) is 10.9 Å². The molecule has 0 amide bonds. The van der Waals surface area contributed by atoms with Crippen molar-refractivity contribution in [2.75, 3.05) is 0 Å². The van der Waals surface area contributed by atoms with Crippen LogP contribution in [0.15, 0.2) is 30.5 Å². The first-order chi connectivity index (χ1) is 8.09. The summed E-state index contributed by atoms with van der Waals surface area (Å²) >= 11 is 5.79. The van der Waals surface area contributed by atoms with Gasteiger partial charge >= 0.3 is 5.97 Å². The van der Waals surface area contributed by atoms with Crippen LogP contribution in [0.2, 0.25) is 5.02 Å². The Morgan fingerprint density at radius 2 is 2.06 bits per heavy atom. The molecular formula is C11H10ClN3O2. The van der Waals surface area contributed by atoms with Crippen molar-refractivity contribution in [2.24, 2.45) is 0 Å². The van der Waals surface area contributed by atoms with Crippen molar-refractivity contribution >= 4 is 17.6 Å². The van der Waals surface area contributed by atoms with Crippen molar-refractivity contribution in [3.05, 3.63) is 35.5 Å². The molecule has 2 rings (SSSR count). The van der Waals surface area contributed by atoms with Gasteiger partial charge in [0.15, 0.2) is 0 Å². The van der Waals surface area contributed by atoms with Gasteiger partial charge in [-0.15, -0.1) is 5.10 Å². The minimum atomic E-state index is -0.953. The van der Waals surface area contributed by atoms with E-state index in [1.807, 2.05) is 0 Å². The predicted molar refractivity (Wildman–Crippen MR) is 62.8 cm³/mol. The first kappa shape index (κ1) is 11.6. The molecule has 88 valence electrons. The van der Waals surface area contributed by atoms with Gasteiger partial charge in [0.05, 0.1) is 11.9 Å². The number of hydrogen-bond acceptors (Lipinski definition) is 3. The van der Waals surface area contributed by atoms with Gasteiger partial charge < -0.3 is 5.11 Å². The Bertz CT molecular complexity index is 536. The summed E-state index contributed by atoms with van der Waals surface area (Å²) in [5, 5.41) is 17.1. The summed E-state index contributed by atoms with van der Waals surface area (Å²) in [7, 11) is 0. The maximum Gasteiger partial charge on any atom is 0.328 e. The molecule has 1 aromatic carbocycles. The van der Waals surface area contributed by atoms with E-state index >= 15 is 0 Å². The Morgan fingerprint density at radius 3 is 2.65 bits per heavy atom. The van der Waals surface area contributed by atoms with Gasteiger partial charge in [-0.2, -0.15) is 0 Å². The van der Waals surface area contributed by atoms with Gasteiger partial charge in [-0.1, -0.05) is 28.9 Å². The number of hydrogen-bond donors (Lipinski definition) is 1. The standard InChI is InChI=1S/C11H10ClN3O2/c1-7(11(16)17)15-10(6-13-14-15)8-2-4-9(12)5-3-8/h2-7H,1H3,(H,16,17). The van der Waals surface area contributed by atoms with Crippen LogP contribution in [0, 0.1) is 0 Å². The fraction of sp³-hybridized carbons (Fsp3) is 0.182. The second kappa shape index (κ2) is 4.55. The van der Waals surface area contributed by atoms with E-state index in [4.69, 9.17) is 16.7 Å². The van der Waals surface area contributed by atoms with Crippen molar-refractivity contribution in [1.29, 1.82) is 0 Å². The molecule has 1 N–H and O–H groups in total. The Hall–Kier alpha value is -1.88. The molecule has 1 atom stereocenters. The van der Waals surface area contributed by atoms with E-state index in [-0.39, 0.29) is 0 Å². The lowest BCUT2D eigenvalue weighted by Crippen LogP contribution is -2.17. The molecule has 0 aliphatic carbocycles. The third-order valence-electron chi connectivity index (χ3n) is 2.44. The largest absolute Gasteiger partial charge is 0.480 e. The highest BCUT2D eigenvalue weighted by atomic mass is 35.5. The summed E-state index contributed by atoms with van der Waals surface area (Å²) in [6.07, 6.45) is 1.53. The Balaban J connectivity index is 2.43. The summed E-state index contributed by atoms with van der Waals surface area (Å²) in [6.45, 7) is 1.55. The number of rotatable bonds is 3. The first-order valence-electron chi connectivity index (χ1n) is 4.98. The van der Waals surface area contributed by atoms with Gasteiger partial charge in [0.2, 0.25) is 0 Å². The second-order valence-corrected chi connectivity index (χ2v) is 4.02. The van der Waals surface area contributed by atoms with Gasteiger partial charge in [0.25, 0.3) is 0 Å². The van der Waals surface area contributed by atoms with Crippen molar-refractivity contribution in [3.8, 4) is 11.3 Å². The highest BCUT2D eigenvalue weighted by Crippen LogP contribution is 2.22. The molecule has 0 aliphatic rings. The van der Waals surface area contributed by atoms with Crippen LogP contribution in [0.5, 0.6) is 0 Å². The van der Waals surface area contributed by atoms with E-state index in [2.05, 4.69) is 10.3 Å². The molecule has 0 saturated heterocycles.